The summed E-state index contributed by atoms with van der Waals surface area (Å²) in [4.78, 5) is 2.35. The second-order valence-corrected chi connectivity index (χ2v) is 16.2. The lowest BCUT2D eigenvalue weighted by Crippen LogP contribution is -2.09. The van der Waals surface area contributed by atoms with Crippen molar-refractivity contribution in [1.82, 2.24) is 0 Å². The minimum absolute atomic E-state index is 0.873. The summed E-state index contributed by atoms with van der Waals surface area (Å²) < 4.78 is 6.60. The zero-order chi connectivity index (χ0) is 41.6. The van der Waals surface area contributed by atoms with Gasteiger partial charge in [0.1, 0.15) is 11.2 Å². The van der Waals surface area contributed by atoms with Crippen LogP contribution in [-0.2, 0) is 0 Å². The predicted molar refractivity (Wildman–Crippen MR) is 263 cm³/mol. The Kier molecular flexibility index (Phi) is 9.32. The van der Waals surface area contributed by atoms with E-state index in [0.29, 0.717) is 0 Å². The van der Waals surface area contributed by atoms with Gasteiger partial charge in [-0.15, -0.1) is 0 Å². The summed E-state index contributed by atoms with van der Waals surface area (Å²) in [5.41, 5.74) is 19.3. The van der Waals surface area contributed by atoms with Crippen molar-refractivity contribution in [3.8, 4) is 55.6 Å². The molecule has 1 heterocycles. The Bertz CT molecular complexity index is 3330. The molecule has 1 aromatic heterocycles. The number of anilines is 3. The standard InChI is InChI=1S/C60H43NO/c1-40-35-41(2)59-54-34-33-51(39-57(54)62-58(59)36-40)61(49-29-25-45(26-30-49)56-38-48-22-13-12-21-47(48)37-55(56)44-19-10-5-11-20-44)50-31-27-46(28-32-50)60-52(42-15-6-3-7-16-42)23-14-24-53(60)43-17-8-4-9-18-43/h3-39H,1-2H3. The molecule has 0 saturated heterocycles. The van der Waals surface area contributed by atoms with Crippen LogP contribution in [0.15, 0.2) is 229 Å². The van der Waals surface area contributed by atoms with Gasteiger partial charge in [0.15, 0.2) is 0 Å². The summed E-state index contributed by atoms with van der Waals surface area (Å²) >= 11 is 0. The molecule has 0 unspecified atom stereocenters. The summed E-state index contributed by atoms with van der Waals surface area (Å²) in [6.07, 6.45) is 0. The number of hydrogen-bond acceptors (Lipinski definition) is 2. The molecule has 0 saturated carbocycles. The fraction of sp³-hybridized carbons (Fsp3) is 0.0333. The highest BCUT2D eigenvalue weighted by molar-refractivity contribution is 6.08. The molecule has 2 nitrogen and oxygen atoms in total. The third-order valence-electron chi connectivity index (χ3n) is 12.2. The lowest BCUT2D eigenvalue weighted by atomic mass is 9.87. The van der Waals surface area contributed by atoms with Crippen LogP contribution in [0.25, 0.3) is 88.3 Å². The molecule has 0 aliphatic rings. The summed E-state index contributed by atoms with van der Waals surface area (Å²) in [6.45, 7) is 4.30. The maximum Gasteiger partial charge on any atom is 0.137 e. The molecular formula is C60H43NO. The average Bonchev–Trinajstić information content (AvgIpc) is 3.70. The molecule has 0 atom stereocenters. The van der Waals surface area contributed by atoms with Crippen molar-refractivity contribution in [2.24, 2.45) is 0 Å². The van der Waals surface area contributed by atoms with Gasteiger partial charge in [-0.2, -0.15) is 0 Å². The maximum absolute atomic E-state index is 6.60. The first kappa shape index (κ1) is 37.1. The Morgan fingerprint density at radius 1 is 0.339 bits per heavy atom. The van der Waals surface area contributed by atoms with E-state index < -0.39 is 0 Å². The minimum Gasteiger partial charge on any atom is -0.456 e. The lowest BCUT2D eigenvalue weighted by Gasteiger charge is -2.26. The molecule has 62 heavy (non-hydrogen) atoms. The quantitative estimate of drug-likeness (QED) is 0.152. The highest BCUT2D eigenvalue weighted by Crippen LogP contribution is 2.44. The molecule has 10 aromatic carbocycles. The molecule has 0 N–H and O–H groups in total. The summed E-state index contributed by atoms with van der Waals surface area (Å²) in [7, 11) is 0. The van der Waals surface area contributed by atoms with E-state index in [1.54, 1.807) is 0 Å². The van der Waals surface area contributed by atoms with Gasteiger partial charge in [0.25, 0.3) is 0 Å². The van der Waals surface area contributed by atoms with E-state index in [-0.39, 0.29) is 0 Å². The molecule has 0 aliphatic heterocycles. The van der Waals surface area contributed by atoms with Gasteiger partial charge in [0.05, 0.1) is 0 Å². The number of benzene rings is 10. The van der Waals surface area contributed by atoms with Crippen molar-refractivity contribution in [1.29, 1.82) is 0 Å². The molecule has 2 heteroatoms. The molecule has 0 fully saturated rings. The van der Waals surface area contributed by atoms with Crippen molar-refractivity contribution in [3.05, 3.63) is 236 Å². The van der Waals surface area contributed by atoms with Crippen molar-refractivity contribution in [2.45, 2.75) is 13.8 Å². The molecule has 11 aromatic rings. The Morgan fingerprint density at radius 3 is 1.35 bits per heavy atom. The summed E-state index contributed by atoms with van der Waals surface area (Å²) in [5, 5.41) is 4.76. The number of furan rings is 1. The first-order chi connectivity index (χ1) is 30.6. The average molecular weight is 794 g/mol. The molecule has 294 valence electrons. The monoisotopic (exact) mass is 793 g/mol. The number of nitrogens with zero attached hydrogens (tertiary/aromatic N) is 1. The first-order valence-electron chi connectivity index (χ1n) is 21.3. The van der Waals surface area contributed by atoms with Crippen LogP contribution in [0.3, 0.4) is 0 Å². The van der Waals surface area contributed by atoms with Gasteiger partial charge in [-0.1, -0.05) is 164 Å². The van der Waals surface area contributed by atoms with Crippen molar-refractivity contribution in [2.75, 3.05) is 4.90 Å². The van der Waals surface area contributed by atoms with E-state index in [4.69, 9.17) is 4.42 Å². The van der Waals surface area contributed by atoms with Crippen LogP contribution in [-0.4, -0.2) is 0 Å². The second-order valence-electron chi connectivity index (χ2n) is 16.2. The van der Waals surface area contributed by atoms with Crippen LogP contribution in [0.4, 0.5) is 17.1 Å². The van der Waals surface area contributed by atoms with Gasteiger partial charge in [0.2, 0.25) is 0 Å². The van der Waals surface area contributed by atoms with Crippen LogP contribution in [0, 0.1) is 13.8 Å². The first-order valence-corrected chi connectivity index (χ1v) is 21.3. The fourth-order valence-electron chi connectivity index (χ4n) is 9.34. The number of hydrogen-bond donors (Lipinski definition) is 0. The Labute approximate surface area is 362 Å². The summed E-state index contributed by atoms with van der Waals surface area (Å²) in [6, 6.07) is 81.2. The van der Waals surface area contributed by atoms with Gasteiger partial charge in [-0.25, -0.2) is 0 Å². The third-order valence-corrected chi connectivity index (χ3v) is 12.2. The molecule has 0 amide bonds. The van der Waals surface area contributed by atoms with Crippen molar-refractivity contribution < 1.29 is 4.42 Å². The Morgan fingerprint density at radius 2 is 0.806 bits per heavy atom. The number of aryl methyl sites for hydroxylation is 2. The Hall–Kier alpha value is -7.94. The number of rotatable bonds is 8. The zero-order valence-electron chi connectivity index (χ0n) is 34.7. The topological polar surface area (TPSA) is 16.4 Å². The van der Waals surface area contributed by atoms with E-state index in [2.05, 4.69) is 243 Å². The molecule has 0 bridgehead atoms. The predicted octanol–water partition coefficient (Wildman–Crippen LogP) is 17.2. The highest BCUT2D eigenvalue weighted by atomic mass is 16.3. The van der Waals surface area contributed by atoms with Crippen LogP contribution in [0.5, 0.6) is 0 Å². The van der Waals surface area contributed by atoms with E-state index >= 15 is 0 Å². The molecule has 0 spiro atoms. The lowest BCUT2D eigenvalue weighted by molar-refractivity contribution is 0.668. The van der Waals surface area contributed by atoms with E-state index in [1.165, 1.54) is 71.8 Å². The molecule has 11 rings (SSSR count). The normalized spacial score (nSPS) is 11.4. The van der Waals surface area contributed by atoms with Crippen molar-refractivity contribution in [3.63, 3.8) is 0 Å². The minimum atomic E-state index is 0.873. The van der Waals surface area contributed by atoms with Gasteiger partial charge in [-0.05, 0) is 146 Å². The molecule has 0 radical (unpaired) electrons. The third kappa shape index (κ3) is 6.73. The van der Waals surface area contributed by atoms with Crippen LogP contribution in [0.1, 0.15) is 11.1 Å². The molecule has 0 aliphatic carbocycles. The summed E-state index contributed by atoms with van der Waals surface area (Å²) in [5.74, 6) is 0. The van der Waals surface area contributed by atoms with E-state index in [1.807, 2.05) is 0 Å². The highest BCUT2D eigenvalue weighted by Gasteiger charge is 2.20. The molecular weight excluding hydrogens is 751 g/mol. The van der Waals surface area contributed by atoms with Crippen LogP contribution in [0.2, 0.25) is 0 Å². The number of fused-ring (bicyclic) bond motifs is 4. The SMILES string of the molecule is Cc1cc(C)c2c(c1)oc1cc(N(c3ccc(-c4cc5ccccc5cc4-c4ccccc4)cc3)c3ccc(-c4c(-c5ccccc5)cccc4-c4ccccc4)cc3)ccc12. The largest absolute Gasteiger partial charge is 0.456 e. The van der Waals surface area contributed by atoms with Crippen molar-refractivity contribution >= 4 is 49.8 Å². The fourth-order valence-corrected chi connectivity index (χ4v) is 9.34. The van der Waals surface area contributed by atoms with E-state index in [0.717, 1.165) is 44.7 Å². The van der Waals surface area contributed by atoms with E-state index in [9.17, 15) is 0 Å². The smallest absolute Gasteiger partial charge is 0.137 e. The van der Waals surface area contributed by atoms with Crippen LogP contribution < -0.4 is 4.90 Å². The van der Waals surface area contributed by atoms with Crippen LogP contribution >= 0.6 is 0 Å². The van der Waals surface area contributed by atoms with Gasteiger partial charge in [-0.3, -0.25) is 0 Å². The maximum atomic E-state index is 6.60. The van der Waals surface area contributed by atoms with Gasteiger partial charge >= 0.3 is 0 Å². The second kappa shape index (κ2) is 15.6. The van der Waals surface area contributed by atoms with Gasteiger partial charge < -0.3 is 9.32 Å². The van der Waals surface area contributed by atoms with Gasteiger partial charge in [0, 0.05) is 33.9 Å². The zero-order valence-corrected chi connectivity index (χ0v) is 34.7. The Balaban J connectivity index is 1.06.